The van der Waals surface area contributed by atoms with Crippen molar-refractivity contribution in [3.8, 4) is 17.2 Å². The average Bonchev–Trinajstić information content (AvgIpc) is 3.14. The molecule has 10 N–H and O–H groups in total. The number of allylic oxidation sites excluding steroid dienone is 5. The Balaban J connectivity index is 1.54. The van der Waals surface area contributed by atoms with E-state index in [2.05, 4.69) is 10.6 Å². The summed E-state index contributed by atoms with van der Waals surface area (Å²) in [6.07, 6.45) is 9.61. The Morgan fingerprint density at radius 3 is 2.70 bits per heavy atom. The van der Waals surface area contributed by atoms with Crippen molar-refractivity contribution in [2.24, 2.45) is 17.4 Å². The van der Waals surface area contributed by atoms with Gasteiger partial charge in [-0.15, -0.1) is 0 Å². The number of fused-ring (bicyclic) bond motifs is 4. The van der Waals surface area contributed by atoms with Crippen LogP contribution in [0.5, 0.6) is 17.2 Å². The number of nitrogens with two attached hydrogens (primary N) is 2. The summed E-state index contributed by atoms with van der Waals surface area (Å²) in [6.45, 7) is 2.83. The van der Waals surface area contributed by atoms with Crippen LogP contribution in [0.15, 0.2) is 98.2 Å². The van der Waals surface area contributed by atoms with Crippen LogP contribution in [0.1, 0.15) is 61.5 Å². The van der Waals surface area contributed by atoms with Gasteiger partial charge in [0.1, 0.15) is 52.3 Å². The fourth-order valence-electron chi connectivity index (χ4n) is 8.27. The number of rotatable bonds is 8. The SMILES string of the molecule is CC=C(CO)C(=O)OC1Cc2c3c(c4oc(CO)cc(=O)c4c2O)C(Cc2cccc(O)c2)C2=CCNC(N)=C2CCC(CC2=CNC(N)C=C2)C1(C)O3. The number of phenols is 2. The van der Waals surface area contributed by atoms with E-state index in [0.29, 0.717) is 43.6 Å². The summed E-state index contributed by atoms with van der Waals surface area (Å²) in [6, 6.07) is 8.03. The summed E-state index contributed by atoms with van der Waals surface area (Å²) in [5.74, 6) is -1.21. The number of phenolic OH excluding ortho intramolecular Hbond substituents is 2. The second-order valence-corrected chi connectivity index (χ2v) is 14.4. The molecule has 0 amide bonds. The number of carbonyl (C=O) groups is 1. The minimum Gasteiger partial charge on any atom is -0.508 e. The zero-order valence-electron chi connectivity index (χ0n) is 30.2. The maximum Gasteiger partial charge on any atom is 0.336 e. The van der Waals surface area contributed by atoms with Crippen molar-refractivity contribution in [2.45, 2.75) is 76.3 Å². The maximum absolute atomic E-state index is 13.8. The molecule has 5 heterocycles. The third kappa shape index (κ3) is 6.63. The highest BCUT2D eigenvalue weighted by atomic mass is 16.6. The largest absolute Gasteiger partial charge is 0.508 e. The predicted molar refractivity (Wildman–Crippen MR) is 201 cm³/mol. The van der Waals surface area contributed by atoms with E-state index in [4.69, 9.17) is 25.4 Å². The van der Waals surface area contributed by atoms with Gasteiger partial charge in [-0.3, -0.25) is 4.79 Å². The molecule has 0 radical (unpaired) electrons. The Kier molecular flexibility index (Phi) is 10.1. The molecular weight excluding hydrogens is 692 g/mol. The number of hydrogen-bond acceptors (Lipinski definition) is 13. The molecule has 4 aliphatic rings. The number of aromatic hydroxyl groups is 2. The molecule has 4 aliphatic heterocycles. The van der Waals surface area contributed by atoms with Gasteiger partial charge in [0.2, 0.25) is 0 Å². The van der Waals surface area contributed by atoms with Crippen LogP contribution in [-0.4, -0.2) is 57.4 Å². The number of ether oxygens (including phenoxy) is 2. The van der Waals surface area contributed by atoms with Gasteiger partial charge in [-0.25, -0.2) is 4.79 Å². The summed E-state index contributed by atoms with van der Waals surface area (Å²) in [4.78, 5) is 27.4. The Bertz CT molecular complexity index is 2220. The first-order valence-corrected chi connectivity index (χ1v) is 18.2. The van der Waals surface area contributed by atoms with Crippen molar-refractivity contribution in [1.29, 1.82) is 0 Å². The molecule has 2 aromatic carbocycles. The first-order valence-electron chi connectivity index (χ1n) is 18.2. The molecule has 0 spiro atoms. The maximum atomic E-state index is 13.8. The number of hydrogen-bond donors (Lipinski definition) is 8. The van der Waals surface area contributed by atoms with Crippen LogP contribution in [0.2, 0.25) is 0 Å². The standard InChI is InChI=1S/C41H46N4O9/c1-3-23(19-46)40(51)53-32-17-30-36(50)35-31(49)16-26(20-47)52-38(35)34-29(15-21-5-4-6-25(48)14-21)27-11-12-44-39(43)28(27)9-8-24(41(32,2)54-37(30)34)13-22-7-10-33(42)45-18-22/h3-7,10-11,14,16,18,24,29,32-33,44-48,50H,8-9,12-13,15,17,19-20,42-43H2,1-2H3. The second kappa shape index (κ2) is 14.7. The van der Waals surface area contributed by atoms with E-state index >= 15 is 0 Å². The van der Waals surface area contributed by atoms with Gasteiger partial charge in [-0.1, -0.05) is 30.4 Å². The number of nitrogens with one attached hydrogen (secondary N) is 2. The second-order valence-electron chi connectivity index (χ2n) is 14.4. The van der Waals surface area contributed by atoms with Crippen LogP contribution in [0, 0.1) is 5.92 Å². The Hall–Kier alpha value is -5.50. The summed E-state index contributed by atoms with van der Waals surface area (Å²) >= 11 is 0. The van der Waals surface area contributed by atoms with E-state index in [-0.39, 0.29) is 63.6 Å². The number of carbonyl (C=O) groups excluding carboxylic acids is 1. The summed E-state index contributed by atoms with van der Waals surface area (Å²) < 4.78 is 19.8. The molecule has 5 unspecified atom stereocenters. The lowest BCUT2D eigenvalue weighted by Gasteiger charge is -2.48. The molecule has 0 saturated carbocycles. The molecule has 3 aromatic rings. The lowest BCUT2D eigenvalue weighted by molar-refractivity contribution is -0.165. The first-order chi connectivity index (χ1) is 25.9. The Morgan fingerprint density at radius 2 is 2.00 bits per heavy atom. The number of esters is 1. The monoisotopic (exact) mass is 738 g/mol. The smallest absolute Gasteiger partial charge is 0.336 e. The van der Waals surface area contributed by atoms with E-state index < -0.39 is 42.2 Å². The molecule has 284 valence electrons. The molecule has 0 saturated heterocycles. The van der Waals surface area contributed by atoms with Crippen LogP contribution in [-0.2, 0) is 29.0 Å². The van der Waals surface area contributed by atoms with Gasteiger partial charge in [0.15, 0.2) is 5.43 Å². The Morgan fingerprint density at radius 1 is 1.19 bits per heavy atom. The lowest BCUT2D eigenvalue weighted by atomic mass is 9.70. The molecule has 2 bridgehead atoms. The average molecular weight is 739 g/mol. The van der Waals surface area contributed by atoms with Gasteiger partial charge in [0, 0.05) is 48.2 Å². The van der Waals surface area contributed by atoms with Crippen LogP contribution in [0.25, 0.3) is 11.0 Å². The summed E-state index contributed by atoms with van der Waals surface area (Å²) in [5.41, 5.74) is 15.3. The lowest BCUT2D eigenvalue weighted by Crippen LogP contribution is -2.56. The topological polar surface area (TPSA) is 223 Å². The number of dihydropyridines is 2. The third-order valence-corrected chi connectivity index (χ3v) is 11.2. The van der Waals surface area contributed by atoms with E-state index in [1.54, 1.807) is 25.1 Å². The molecule has 0 aliphatic carbocycles. The Labute approximate surface area is 311 Å². The van der Waals surface area contributed by atoms with Crippen LogP contribution in [0.4, 0.5) is 0 Å². The quantitative estimate of drug-likeness (QED) is 0.123. The van der Waals surface area contributed by atoms with Crippen molar-refractivity contribution >= 4 is 16.9 Å². The van der Waals surface area contributed by atoms with Crippen LogP contribution < -0.4 is 32.3 Å². The fourth-order valence-corrected chi connectivity index (χ4v) is 8.27. The van der Waals surface area contributed by atoms with E-state index in [1.165, 1.54) is 6.08 Å². The van der Waals surface area contributed by atoms with E-state index in [1.807, 2.05) is 37.4 Å². The minimum absolute atomic E-state index is 0.00117. The minimum atomic E-state index is -1.26. The van der Waals surface area contributed by atoms with Crippen molar-refractivity contribution < 1.29 is 39.1 Å². The van der Waals surface area contributed by atoms with Gasteiger partial charge in [-0.2, -0.15) is 0 Å². The highest BCUT2D eigenvalue weighted by Gasteiger charge is 2.52. The molecule has 13 nitrogen and oxygen atoms in total. The molecule has 1 aromatic heterocycles. The zero-order valence-corrected chi connectivity index (χ0v) is 30.2. The molecule has 13 heteroatoms. The number of benzene rings is 2. The normalized spacial score (nSPS) is 25.1. The van der Waals surface area contributed by atoms with Gasteiger partial charge >= 0.3 is 5.97 Å². The summed E-state index contributed by atoms with van der Waals surface area (Å²) in [7, 11) is 0. The fraction of sp³-hybridized carbons (Fsp3) is 0.366. The number of aliphatic hydroxyl groups excluding tert-OH is 2. The van der Waals surface area contributed by atoms with Crippen molar-refractivity contribution in [1.82, 2.24) is 10.6 Å². The predicted octanol–water partition coefficient (Wildman–Crippen LogP) is 3.39. The zero-order chi connectivity index (χ0) is 38.3. The van der Waals surface area contributed by atoms with Crippen molar-refractivity contribution in [3.63, 3.8) is 0 Å². The summed E-state index contributed by atoms with van der Waals surface area (Å²) in [5, 5.41) is 49.0. The molecule has 7 rings (SSSR count). The van der Waals surface area contributed by atoms with E-state index in [0.717, 1.165) is 28.3 Å². The van der Waals surface area contributed by atoms with Gasteiger partial charge in [0.05, 0.1) is 24.2 Å². The van der Waals surface area contributed by atoms with Crippen molar-refractivity contribution in [3.05, 3.63) is 122 Å². The van der Waals surface area contributed by atoms with Gasteiger partial charge in [0.25, 0.3) is 0 Å². The molecule has 0 fully saturated rings. The first kappa shape index (κ1) is 36.8. The highest BCUT2D eigenvalue weighted by Crippen LogP contribution is 2.55. The molecule has 54 heavy (non-hydrogen) atoms. The van der Waals surface area contributed by atoms with E-state index in [9.17, 15) is 30.0 Å². The van der Waals surface area contributed by atoms with Gasteiger partial charge in [-0.05, 0) is 80.0 Å². The number of aliphatic hydroxyl groups is 2. The third-order valence-electron chi connectivity index (χ3n) is 11.2. The highest BCUT2D eigenvalue weighted by molar-refractivity contribution is 5.92. The van der Waals surface area contributed by atoms with Gasteiger partial charge < -0.3 is 56.4 Å². The van der Waals surface area contributed by atoms with Crippen LogP contribution in [0.3, 0.4) is 0 Å². The molecule has 5 atom stereocenters. The van der Waals surface area contributed by atoms with Crippen LogP contribution >= 0.6 is 0 Å². The van der Waals surface area contributed by atoms with Crippen molar-refractivity contribution in [2.75, 3.05) is 13.2 Å². The molecular formula is C41H46N4O9.